The molecule has 2 aromatic rings. The predicted octanol–water partition coefficient (Wildman–Crippen LogP) is 1.83. The lowest BCUT2D eigenvalue weighted by Crippen LogP contribution is -2.21. The molecule has 1 saturated carbocycles. The average Bonchev–Trinajstić information content (AvgIpc) is 3.21. The summed E-state index contributed by atoms with van der Waals surface area (Å²) in [5.74, 6) is 0. The highest BCUT2D eigenvalue weighted by molar-refractivity contribution is 7.99. The summed E-state index contributed by atoms with van der Waals surface area (Å²) in [6, 6.07) is 4.66. The van der Waals surface area contributed by atoms with Gasteiger partial charge in [0.05, 0.1) is 6.04 Å². The second kappa shape index (κ2) is 5.88. The summed E-state index contributed by atoms with van der Waals surface area (Å²) in [6.45, 7) is 2.10. The van der Waals surface area contributed by atoms with Gasteiger partial charge in [-0.2, -0.15) is 0 Å². The van der Waals surface area contributed by atoms with Crippen LogP contribution >= 0.6 is 11.8 Å². The van der Waals surface area contributed by atoms with Crippen molar-refractivity contribution in [3.8, 4) is 0 Å². The number of pyridine rings is 1. The molecule has 1 aliphatic rings. The molecule has 7 heteroatoms. The zero-order valence-electron chi connectivity index (χ0n) is 11.4. The quantitative estimate of drug-likeness (QED) is 0.874. The van der Waals surface area contributed by atoms with E-state index in [0.29, 0.717) is 6.04 Å². The van der Waals surface area contributed by atoms with Gasteiger partial charge in [0.25, 0.3) is 0 Å². The van der Waals surface area contributed by atoms with Crippen LogP contribution in [-0.2, 0) is 6.42 Å². The van der Waals surface area contributed by atoms with Gasteiger partial charge in [0, 0.05) is 12.2 Å². The van der Waals surface area contributed by atoms with Crippen LogP contribution in [0, 0.1) is 0 Å². The molecule has 0 aliphatic heterocycles. The number of nitrogens with two attached hydrogens (primary N) is 1. The van der Waals surface area contributed by atoms with Gasteiger partial charge in [0.1, 0.15) is 5.03 Å². The van der Waals surface area contributed by atoms with Crippen molar-refractivity contribution in [1.82, 2.24) is 25.2 Å². The molecule has 20 heavy (non-hydrogen) atoms. The summed E-state index contributed by atoms with van der Waals surface area (Å²) in [5, 5.41) is 13.7. The first kappa shape index (κ1) is 13.5. The molecule has 0 saturated heterocycles. The van der Waals surface area contributed by atoms with E-state index in [-0.39, 0.29) is 6.04 Å². The van der Waals surface area contributed by atoms with Crippen LogP contribution in [0.5, 0.6) is 0 Å². The van der Waals surface area contributed by atoms with Crippen LogP contribution in [0.4, 0.5) is 0 Å². The van der Waals surface area contributed by atoms with Crippen LogP contribution in [0.25, 0.3) is 0 Å². The standard InChI is InChI=1S/C13H18N6S/c1-2-10(14)8-9-4-3-7-15-12(9)20-13-16-17-18-19(13)11-5-6-11/h3-4,7,10-11H,2,5-6,8,14H2,1H3. The minimum atomic E-state index is 0.165. The van der Waals surface area contributed by atoms with Gasteiger partial charge in [0.15, 0.2) is 0 Å². The molecule has 1 unspecified atom stereocenters. The highest BCUT2D eigenvalue weighted by atomic mass is 32.2. The van der Waals surface area contributed by atoms with Crippen molar-refractivity contribution in [2.75, 3.05) is 0 Å². The third-order valence-corrected chi connectivity index (χ3v) is 4.41. The van der Waals surface area contributed by atoms with E-state index in [1.807, 2.05) is 10.7 Å². The maximum Gasteiger partial charge on any atom is 0.215 e. The first-order chi connectivity index (χ1) is 9.78. The summed E-state index contributed by atoms with van der Waals surface area (Å²) in [5.41, 5.74) is 7.22. The SMILES string of the molecule is CCC(N)Cc1cccnc1Sc1nnnn1C1CC1. The van der Waals surface area contributed by atoms with Crippen LogP contribution in [0.1, 0.15) is 37.8 Å². The highest BCUT2D eigenvalue weighted by Gasteiger charge is 2.28. The lowest BCUT2D eigenvalue weighted by molar-refractivity contribution is 0.565. The zero-order valence-corrected chi connectivity index (χ0v) is 12.3. The molecule has 2 aromatic heterocycles. The maximum absolute atomic E-state index is 6.05. The second-order valence-electron chi connectivity index (χ2n) is 5.08. The van der Waals surface area contributed by atoms with E-state index in [4.69, 9.17) is 5.73 Å². The maximum atomic E-state index is 6.05. The molecule has 0 spiro atoms. The Morgan fingerprint density at radius 3 is 3.10 bits per heavy atom. The van der Waals surface area contributed by atoms with Crippen molar-refractivity contribution in [1.29, 1.82) is 0 Å². The summed E-state index contributed by atoms with van der Waals surface area (Å²) in [6.07, 6.45) is 5.91. The molecule has 106 valence electrons. The monoisotopic (exact) mass is 290 g/mol. The van der Waals surface area contributed by atoms with Gasteiger partial charge in [-0.05, 0) is 59.5 Å². The average molecular weight is 290 g/mol. The van der Waals surface area contributed by atoms with Gasteiger partial charge < -0.3 is 5.73 Å². The Balaban J connectivity index is 1.81. The van der Waals surface area contributed by atoms with Gasteiger partial charge in [0.2, 0.25) is 5.16 Å². The fraction of sp³-hybridized carbons (Fsp3) is 0.538. The van der Waals surface area contributed by atoms with Gasteiger partial charge in [-0.25, -0.2) is 9.67 Å². The Bertz CT molecular complexity index is 580. The molecule has 1 aliphatic carbocycles. The van der Waals surface area contributed by atoms with Crippen LogP contribution in [0.3, 0.4) is 0 Å². The van der Waals surface area contributed by atoms with Crippen molar-refractivity contribution < 1.29 is 0 Å². The molecule has 3 rings (SSSR count). The molecular formula is C13H18N6S. The van der Waals surface area contributed by atoms with E-state index in [1.54, 1.807) is 6.20 Å². The lowest BCUT2D eigenvalue weighted by Gasteiger charge is -2.11. The first-order valence-corrected chi connectivity index (χ1v) is 7.74. The number of rotatable bonds is 6. The molecule has 1 fully saturated rings. The van der Waals surface area contributed by atoms with Crippen molar-refractivity contribution in [3.05, 3.63) is 23.9 Å². The summed E-state index contributed by atoms with van der Waals surface area (Å²) >= 11 is 1.53. The molecule has 2 N–H and O–H groups in total. The highest BCUT2D eigenvalue weighted by Crippen LogP contribution is 2.38. The first-order valence-electron chi connectivity index (χ1n) is 6.93. The third-order valence-electron chi connectivity index (χ3n) is 3.40. The number of aromatic nitrogens is 5. The summed E-state index contributed by atoms with van der Waals surface area (Å²) in [4.78, 5) is 4.46. The largest absolute Gasteiger partial charge is 0.327 e. The number of hydrogen-bond acceptors (Lipinski definition) is 6. The molecule has 2 heterocycles. The van der Waals surface area contributed by atoms with Crippen LogP contribution < -0.4 is 5.73 Å². The predicted molar refractivity (Wildman–Crippen MR) is 76.4 cm³/mol. The van der Waals surface area contributed by atoms with E-state index in [9.17, 15) is 0 Å². The van der Waals surface area contributed by atoms with Gasteiger partial charge in [-0.1, -0.05) is 13.0 Å². The molecular weight excluding hydrogens is 272 g/mol. The summed E-state index contributed by atoms with van der Waals surface area (Å²) < 4.78 is 1.91. The Morgan fingerprint density at radius 1 is 1.50 bits per heavy atom. The molecule has 0 aromatic carbocycles. The van der Waals surface area contributed by atoms with E-state index in [0.717, 1.165) is 41.4 Å². The topological polar surface area (TPSA) is 82.5 Å². The van der Waals surface area contributed by atoms with E-state index in [1.165, 1.54) is 11.8 Å². The van der Waals surface area contributed by atoms with Crippen molar-refractivity contribution in [2.24, 2.45) is 5.73 Å². The molecule has 0 radical (unpaired) electrons. The Labute approximate surface area is 122 Å². The van der Waals surface area contributed by atoms with Crippen molar-refractivity contribution in [2.45, 2.75) is 54.9 Å². The molecule has 6 nitrogen and oxygen atoms in total. The van der Waals surface area contributed by atoms with Gasteiger partial charge in [-0.3, -0.25) is 0 Å². The van der Waals surface area contributed by atoms with Crippen molar-refractivity contribution in [3.63, 3.8) is 0 Å². The zero-order chi connectivity index (χ0) is 13.9. The van der Waals surface area contributed by atoms with Crippen LogP contribution in [-0.4, -0.2) is 31.2 Å². The van der Waals surface area contributed by atoms with Crippen molar-refractivity contribution >= 4 is 11.8 Å². The Morgan fingerprint density at radius 2 is 2.35 bits per heavy atom. The fourth-order valence-electron chi connectivity index (χ4n) is 1.99. The third kappa shape index (κ3) is 2.99. The second-order valence-corrected chi connectivity index (χ2v) is 6.04. The van der Waals surface area contributed by atoms with Gasteiger partial charge in [-0.15, -0.1) is 5.10 Å². The van der Waals surface area contributed by atoms with Crippen LogP contribution in [0.15, 0.2) is 28.5 Å². The minimum Gasteiger partial charge on any atom is -0.327 e. The molecule has 0 bridgehead atoms. The van der Waals surface area contributed by atoms with E-state index >= 15 is 0 Å². The normalized spacial score (nSPS) is 16.3. The number of nitrogens with zero attached hydrogens (tertiary/aromatic N) is 5. The number of hydrogen-bond donors (Lipinski definition) is 1. The smallest absolute Gasteiger partial charge is 0.215 e. The fourth-order valence-corrected chi connectivity index (χ4v) is 2.91. The Hall–Kier alpha value is -1.47. The lowest BCUT2D eigenvalue weighted by atomic mass is 10.1. The van der Waals surface area contributed by atoms with E-state index < -0.39 is 0 Å². The minimum absolute atomic E-state index is 0.165. The molecule has 0 amide bonds. The summed E-state index contributed by atoms with van der Waals surface area (Å²) in [7, 11) is 0. The van der Waals surface area contributed by atoms with Gasteiger partial charge >= 0.3 is 0 Å². The number of tetrazole rings is 1. The Kier molecular flexibility index (Phi) is 3.98. The molecule has 1 atom stereocenters. The van der Waals surface area contributed by atoms with Crippen LogP contribution in [0.2, 0.25) is 0 Å². The van der Waals surface area contributed by atoms with E-state index in [2.05, 4.69) is 33.5 Å².